The van der Waals surface area contributed by atoms with E-state index in [0.29, 0.717) is 10.6 Å². The van der Waals surface area contributed by atoms with Crippen LogP contribution in [0.25, 0.3) is 43.6 Å². The summed E-state index contributed by atoms with van der Waals surface area (Å²) in [6.07, 6.45) is 4.20. The summed E-state index contributed by atoms with van der Waals surface area (Å²) in [5, 5.41) is 23.3. The largest absolute Gasteiger partial charge is 0.690 e. The lowest BCUT2D eigenvalue weighted by atomic mass is 9.94. The normalized spacial score (nSPS) is 11.9. The van der Waals surface area contributed by atoms with Gasteiger partial charge in [0.15, 0.2) is 5.82 Å². The van der Waals surface area contributed by atoms with Crippen molar-refractivity contribution in [3.8, 4) is 11.3 Å². The van der Waals surface area contributed by atoms with E-state index < -0.39 is 0 Å². The van der Waals surface area contributed by atoms with Crippen molar-refractivity contribution in [3.63, 3.8) is 0 Å². The molecule has 0 bridgehead atoms. The highest BCUT2D eigenvalue weighted by atomic mass is 16.5. The molecule has 0 saturated heterocycles. The number of hydrogen-bond acceptors (Lipinski definition) is 6. The van der Waals surface area contributed by atoms with E-state index in [1.807, 2.05) is 24.3 Å². The van der Waals surface area contributed by atoms with Crippen molar-refractivity contribution in [2.24, 2.45) is 5.11 Å². The second kappa shape index (κ2) is 7.72. The van der Waals surface area contributed by atoms with E-state index in [-0.39, 0.29) is 11.6 Å². The Bertz CT molecular complexity index is 1680. The van der Waals surface area contributed by atoms with Crippen LogP contribution in [-0.2, 0) is 0 Å². The maximum atomic E-state index is 12.4. The van der Waals surface area contributed by atoms with Gasteiger partial charge in [0, 0.05) is 17.8 Å². The Morgan fingerprint density at radius 3 is 2.36 bits per heavy atom. The van der Waals surface area contributed by atoms with Crippen LogP contribution in [0.15, 0.2) is 103 Å². The second-order valence-electron chi connectivity index (χ2n) is 7.59. The van der Waals surface area contributed by atoms with E-state index in [1.54, 1.807) is 6.07 Å². The standard InChI is InChI=1S/C26H16N6O/c33-32(25-10-11-27-15-30-25)31-24-14-23(28-16-29-24)21-7-3-6-17-8-9-20-12-18-4-1-2-5-19(18)13-22(20)26(17)21/h1-16H. The summed E-state index contributed by atoms with van der Waals surface area (Å²) in [5.41, 5.74) is 1.64. The molecule has 6 rings (SSSR count). The second-order valence-corrected chi connectivity index (χ2v) is 7.59. The molecule has 0 aliphatic heterocycles. The molecule has 2 aromatic heterocycles. The minimum atomic E-state index is 0.133. The molecular formula is C26H16N6O. The minimum absolute atomic E-state index is 0.133. The number of nitrogens with zero attached hydrogens (tertiary/aromatic N) is 6. The minimum Gasteiger partial charge on any atom is -0.690 e. The first-order chi connectivity index (χ1) is 16.3. The topological polar surface area (TPSA) is 90.0 Å². The highest BCUT2D eigenvalue weighted by molar-refractivity contribution is 6.17. The van der Waals surface area contributed by atoms with Crippen molar-refractivity contribution in [2.75, 3.05) is 0 Å². The molecule has 0 spiro atoms. The van der Waals surface area contributed by atoms with Crippen LogP contribution in [0, 0.1) is 5.21 Å². The maximum absolute atomic E-state index is 12.4. The number of hydrogen-bond donors (Lipinski definition) is 0. The lowest BCUT2D eigenvalue weighted by Crippen LogP contribution is -1.95. The zero-order valence-electron chi connectivity index (χ0n) is 17.3. The van der Waals surface area contributed by atoms with Crippen molar-refractivity contribution in [1.82, 2.24) is 19.9 Å². The molecule has 4 aromatic carbocycles. The molecule has 0 unspecified atom stereocenters. The molecule has 0 atom stereocenters. The third kappa shape index (κ3) is 3.41. The van der Waals surface area contributed by atoms with Crippen LogP contribution in [0.2, 0.25) is 0 Å². The van der Waals surface area contributed by atoms with Crippen LogP contribution < -0.4 is 0 Å². The first-order valence-corrected chi connectivity index (χ1v) is 10.4. The summed E-state index contributed by atoms with van der Waals surface area (Å²) >= 11 is 0. The van der Waals surface area contributed by atoms with E-state index in [2.05, 4.69) is 67.5 Å². The Balaban J connectivity index is 1.55. The fraction of sp³-hybridized carbons (Fsp3) is 0. The Kier molecular flexibility index (Phi) is 4.43. The quantitative estimate of drug-likeness (QED) is 0.108. The molecule has 33 heavy (non-hydrogen) atoms. The van der Waals surface area contributed by atoms with E-state index >= 15 is 0 Å². The molecule has 6 aromatic rings. The average molecular weight is 428 g/mol. The van der Waals surface area contributed by atoms with Crippen LogP contribution in [0.4, 0.5) is 11.6 Å². The van der Waals surface area contributed by atoms with Gasteiger partial charge >= 0.3 is 5.82 Å². The van der Waals surface area contributed by atoms with Crippen LogP contribution in [0.5, 0.6) is 0 Å². The molecule has 0 aliphatic rings. The van der Waals surface area contributed by atoms with E-state index in [9.17, 15) is 5.21 Å². The van der Waals surface area contributed by atoms with Crippen LogP contribution in [-0.4, -0.2) is 24.8 Å². The number of fused-ring (bicyclic) bond motifs is 4. The van der Waals surface area contributed by atoms with Gasteiger partial charge in [0.2, 0.25) is 6.33 Å². The average Bonchev–Trinajstić information content (AvgIpc) is 2.87. The first-order valence-electron chi connectivity index (χ1n) is 10.4. The summed E-state index contributed by atoms with van der Waals surface area (Å²) in [5.74, 6) is 0.379. The van der Waals surface area contributed by atoms with Crippen molar-refractivity contribution in [3.05, 3.63) is 103 Å². The molecule has 0 radical (unpaired) electrons. The van der Waals surface area contributed by atoms with Crippen LogP contribution in [0.1, 0.15) is 0 Å². The summed E-state index contributed by atoms with van der Waals surface area (Å²) in [6.45, 7) is 0. The monoisotopic (exact) mass is 428 g/mol. The van der Waals surface area contributed by atoms with Crippen molar-refractivity contribution < 1.29 is 4.86 Å². The smallest absolute Gasteiger partial charge is 0.350 e. The zero-order valence-corrected chi connectivity index (χ0v) is 17.3. The van der Waals surface area contributed by atoms with Gasteiger partial charge in [-0.05, 0) is 49.4 Å². The molecule has 156 valence electrons. The van der Waals surface area contributed by atoms with Gasteiger partial charge in [-0.25, -0.2) is 15.0 Å². The predicted octanol–water partition coefficient (Wildman–Crippen LogP) is 6.32. The Hall–Kier alpha value is -4.78. The van der Waals surface area contributed by atoms with Gasteiger partial charge in [-0.15, -0.1) is 4.86 Å². The Labute approximate surface area is 188 Å². The fourth-order valence-electron chi connectivity index (χ4n) is 4.11. The number of azo groups is 1. The third-order valence-electron chi connectivity index (χ3n) is 5.61. The molecule has 0 amide bonds. The Morgan fingerprint density at radius 2 is 1.52 bits per heavy atom. The van der Waals surface area contributed by atoms with E-state index in [1.165, 1.54) is 35.7 Å². The van der Waals surface area contributed by atoms with Crippen LogP contribution in [0.3, 0.4) is 0 Å². The summed E-state index contributed by atoms with van der Waals surface area (Å²) in [6, 6.07) is 26.3. The number of benzene rings is 4. The third-order valence-corrected chi connectivity index (χ3v) is 5.61. The fourth-order valence-corrected chi connectivity index (χ4v) is 4.11. The summed E-state index contributed by atoms with van der Waals surface area (Å²) in [4.78, 5) is 16.8. The van der Waals surface area contributed by atoms with Gasteiger partial charge in [-0.2, -0.15) is 0 Å². The SMILES string of the molecule is [O-][N+](=Nc1cc(-c2cccc3ccc4cc5ccccc5cc4c23)ncn1)c1ccncn1. The molecule has 0 fully saturated rings. The molecule has 0 N–H and O–H groups in total. The van der Waals surface area contributed by atoms with Gasteiger partial charge in [0.05, 0.1) is 11.8 Å². The van der Waals surface area contributed by atoms with Crippen molar-refractivity contribution >= 4 is 44.0 Å². The lowest BCUT2D eigenvalue weighted by Gasteiger charge is -2.11. The molecule has 0 aliphatic carbocycles. The van der Waals surface area contributed by atoms with Crippen molar-refractivity contribution in [1.29, 1.82) is 0 Å². The summed E-state index contributed by atoms with van der Waals surface area (Å²) < 4.78 is 0. The van der Waals surface area contributed by atoms with Gasteiger partial charge in [0.1, 0.15) is 6.33 Å². The predicted molar refractivity (Wildman–Crippen MR) is 127 cm³/mol. The maximum Gasteiger partial charge on any atom is 0.350 e. The van der Waals surface area contributed by atoms with E-state index in [0.717, 1.165) is 27.1 Å². The van der Waals surface area contributed by atoms with Crippen LogP contribution >= 0.6 is 0 Å². The number of rotatable bonds is 3. The van der Waals surface area contributed by atoms with Gasteiger partial charge < -0.3 is 5.21 Å². The van der Waals surface area contributed by atoms with Crippen molar-refractivity contribution in [2.45, 2.75) is 0 Å². The first kappa shape index (κ1) is 18.9. The number of aromatic nitrogens is 4. The van der Waals surface area contributed by atoms with Gasteiger partial charge in [-0.3, -0.25) is 0 Å². The zero-order chi connectivity index (χ0) is 22.2. The van der Waals surface area contributed by atoms with Gasteiger partial charge in [-0.1, -0.05) is 59.7 Å². The van der Waals surface area contributed by atoms with E-state index in [4.69, 9.17) is 0 Å². The van der Waals surface area contributed by atoms with Gasteiger partial charge in [0.25, 0.3) is 0 Å². The molecular weight excluding hydrogens is 412 g/mol. The molecule has 0 saturated carbocycles. The molecule has 2 heterocycles. The molecule has 7 heteroatoms. The lowest BCUT2D eigenvalue weighted by molar-refractivity contribution is -0.440. The summed E-state index contributed by atoms with van der Waals surface area (Å²) in [7, 11) is 0. The highest BCUT2D eigenvalue weighted by Gasteiger charge is 2.12. The molecule has 7 nitrogen and oxygen atoms in total. The Morgan fingerprint density at radius 1 is 0.697 bits per heavy atom. The highest BCUT2D eigenvalue weighted by Crippen LogP contribution is 2.36.